The van der Waals surface area contributed by atoms with Gasteiger partial charge in [-0.3, -0.25) is 24.1 Å². The Balaban J connectivity index is 1.56. The summed E-state index contributed by atoms with van der Waals surface area (Å²) >= 11 is 0. The van der Waals surface area contributed by atoms with Gasteiger partial charge >= 0.3 is 0 Å². The van der Waals surface area contributed by atoms with Crippen LogP contribution in [0.1, 0.15) is 5.56 Å². The molecule has 0 atom stereocenters. The number of H-pyrrole nitrogens is 1. The lowest BCUT2D eigenvalue weighted by molar-refractivity contribution is 0.142. The largest absolute Gasteiger partial charge is 0.392 e. The van der Waals surface area contributed by atoms with E-state index in [-0.39, 0.29) is 23.0 Å². The molecule has 4 aromatic heterocycles. The number of benzene rings is 1. The van der Waals surface area contributed by atoms with Gasteiger partial charge in [-0.05, 0) is 29.8 Å². The first-order valence-electron chi connectivity index (χ1n) is 12.3. The number of fused-ring (bicyclic) bond motifs is 1. The molecule has 6 rings (SSSR count). The van der Waals surface area contributed by atoms with Crippen molar-refractivity contribution in [3.05, 3.63) is 87.2 Å². The van der Waals surface area contributed by atoms with Crippen molar-refractivity contribution in [3.63, 3.8) is 0 Å². The quantitative estimate of drug-likeness (QED) is 0.268. The normalized spacial score (nSPS) is 13.6. The third-order valence-corrected chi connectivity index (χ3v) is 7.14. The molecule has 0 bridgehead atoms. The second-order valence-corrected chi connectivity index (χ2v) is 9.47. The van der Waals surface area contributed by atoms with Crippen molar-refractivity contribution >= 4 is 22.3 Å². The number of hydrogen-bond acceptors (Lipinski definition) is 9. The molecule has 0 radical (unpaired) electrons. The summed E-state index contributed by atoms with van der Waals surface area (Å²) in [5, 5.41) is 28.0. The second kappa shape index (κ2) is 9.46. The van der Waals surface area contributed by atoms with Crippen molar-refractivity contribution in [1.82, 2.24) is 24.7 Å². The van der Waals surface area contributed by atoms with Crippen LogP contribution in [0, 0.1) is 0 Å². The average Bonchev–Trinajstić information content (AvgIpc) is 2.94. The summed E-state index contributed by atoms with van der Waals surface area (Å²) in [6.45, 7) is 0.676. The van der Waals surface area contributed by atoms with Crippen LogP contribution in [0.25, 0.3) is 44.5 Å². The van der Waals surface area contributed by atoms with Crippen molar-refractivity contribution < 1.29 is 10.2 Å². The minimum atomic E-state index is -0.404. The fourth-order valence-electron chi connectivity index (χ4n) is 4.99. The molecule has 5 aromatic rings. The van der Waals surface area contributed by atoms with Crippen LogP contribution in [-0.4, -0.2) is 54.1 Å². The van der Waals surface area contributed by atoms with Gasteiger partial charge < -0.3 is 20.8 Å². The Hall–Kier alpha value is -4.87. The number of nitrogen functional groups attached to an aromatic ring is 1. The van der Waals surface area contributed by atoms with Crippen molar-refractivity contribution in [2.24, 2.45) is 7.05 Å². The molecule has 1 fully saturated rings. The fraction of sp³-hybridized carbons (Fsp3) is 0.179. The minimum Gasteiger partial charge on any atom is -0.392 e. The highest BCUT2D eigenvalue weighted by molar-refractivity contribution is 5.96. The van der Waals surface area contributed by atoms with E-state index in [1.165, 1.54) is 10.6 Å². The molecule has 1 aliphatic heterocycles. The number of pyridine rings is 3. The van der Waals surface area contributed by atoms with Gasteiger partial charge in [-0.15, -0.1) is 0 Å². The Morgan fingerprint density at radius 3 is 2.49 bits per heavy atom. The van der Waals surface area contributed by atoms with Crippen molar-refractivity contribution in [2.45, 2.75) is 12.7 Å². The maximum absolute atomic E-state index is 12.8. The van der Waals surface area contributed by atoms with Crippen LogP contribution in [0.5, 0.6) is 0 Å². The molecule has 11 heteroatoms. The number of aliphatic hydroxyl groups is 2. The molecule has 1 aromatic carbocycles. The van der Waals surface area contributed by atoms with Gasteiger partial charge in [-0.25, -0.2) is 5.10 Å². The average molecular weight is 524 g/mol. The van der Waals surface area contributed by atoms with Crippen LogP contribution in [-0.2, 0) is 13.7 Å². The van der Waals surface area contributed by atoms with Gasteiger partial charge in [-0.2, -0.15) is 5.10 Å². The van der Waals surface area contributed by atoms with Crippen molar-refractivity contribution in [2.75, 3.05) is 23.7 Å². The SMILES string of the molecule is Cn1c(N)c(-c2ccnc(-c3n[nH]c(=O)c4ccccc34)c2CO)c(-c2ccc(N3CC(O)C3)cn2)cc1=O. The summed E-state index contributed by atoms with van der Waals surface area (Å²) < 4.78 is 1.34. The van der Waals surface area contributed by atoms with Crippen LogP contribution >= 0.6 is 0 Å². The summed E-state index contributed by atoms with van der Waals surface area (Å²) in [5.41, 5.74) is 10.1. The van der Waals surface area contributed by atoms with E-state index in [9.17, 15) is 19.8 Å². The standard InChI is InChI=1S/C28H25N7O4/c1-34-23(38)10-20(22-7-6-15(11-31-22)35-12-16(37)13-35)24(27(34)29)17-8-9-30-25(21(17)14-36)26-18-4-2-3-5-19(18)28(39)33-32-26/h2-11,16,36-37H,12-14,29H2,1H3,(H,33,39). The third kappa shape index (κ3) is 4.04. The van der Waals surface area contributed by atoms with Gasteiger partial charge in [0.25, 0.3) is 11.1 Å². The molecule has 0 saturated carbocycles. The zero-order valence-corrected chi connectivity index (χ0v) is 21.0. The van der Waals surface area contributed by atoms with Gasteiger partial charge in [0.2, 0.25) is 0 Å². The van der Waals surface area contributed by atoms with E-state index in [1.807, 2.05) is 11.0 Å². The molecule has 5 N–H and O–H groups in total. The molecule has 39 heavy (non-hydrogen) atoms. The van der Waals surface area contributed by atoms with Gasteiger partial charge in [-0.1, -0.05) is 18.2 Å². The van der Waals surface area contributed by atoms with Crippen LogP contribution in [0.4, 0.5) is 11.5 Å². The van der Waals surface area contributed by atoms with E-state index in [4.69, 9.17) is 5.73 Å². The Morgan fingerprint density at radius 2 is 1.79 bits per heavy atom. The van der Waals surface area contributed by atoms with Gasteiger partial charge in [0.05, 0.1) is 41.4 Å². The highest BCUT2D eigenvalue weighted by Gasteiger charge is 2.26. The Labute approximate surface area is 221 Å². The lowest BCUT2D eigenvalue weighted by Gasteiger charge is -2.37. The highest BCUT2D eigenvalue weighted by Crippen LogP contribution is 2.39. The number of β-amino-alcohol motifs (C(OH)–C–C–N with tert-alkyl or cyclic N) is 1. The second-order valence-electron chi connectivity index (χ2n) is 9.47. The zero-order valence-electron chi connectivity index (χ0n) is 21.0. The molecule has 5 heterocycles. The first-order chi connectivity index (χ1) is 18.9. The van der Waals surface area contributed by atoms with Crippen molar-refractivity contribution in [3.8, 4) is 33.8 Å². The van der Waals surface area contributed by atoms with E-state index in [1.54, 1.807) is 55.8 Å². The summed E-state index contributed by atoms with van der Waals surface area (Å²) in [4.78, 5) is 36.3. The van der Waals surface area contributed by atoms with Crippen molar-refractivity contribution in [1.29, 1.82) is 0 Å². The molecule has 1 aliphatic rings. The number of nitrogens with zero attached hydrogens (tertiary/aromatic N) is 5. The summed E-state index contributed by atoms with van der Waals surface area (Å²) in [7, 11) is 1.58. The summed E-state index contributed by atoms with van der Waals surface area (Å²) in [6.07, 6.45) is 2.92. The number of rotatable bonds is 5. The number of hydrogen-bond donors (Lipinski definition) is 4. The molecule has 0 spiro atoms. The fourth-order valence-corrected chi connectivity index (χ4v) is 4.99. The topological polar surface area (TPSA) is 163 Å². The maximum Gasteiger partial charge on any atom is 0.272 e. The monoisotopic (exact) mass is 523 g/mol. The van der Waals surface area contributed by atoms with Crippen LogP contribution in [0.2, 0.25) is 0 Å². The first kappa shape index (κ1) is 24.5. The number of nitrogens with one attached hydrogen (secondary N) is 1. The molecule has 1 saturated heterocycles. The predicted octanol–water partition coefficient (Wildman–Crippen LogP) is 1.67. The van der Waals surface area contributed by atoms with E-state index in [0.29, 0.717) is 63.2 Å². The lowest BCUT2D eigenvalue weighted by atomic mass is 9.92. The number of aromatic nitrogens is 5. The van der Waals surface area contributed by atoms with Crippen LogP contribution < -0.4 is 21.8 Å². The maximum atomic E-state index is 12.8. The van der Waals surface area contributed by atoms with Gasteiger partial charge in [0.15, 0.2) is 0 Å². The lowest BCUT2D eigenvalue weighted by Crippen LogP contribution is -2.50. The predicted molar refractivity (Wildman–Crippen MR) is 148 cm³/mol. The number of nitrogens with two attached hydrogens (primary N) is 1. The minimum absolute atomic E-state index is 0.195. The van der Waals surface area contributed by atoms with Crippen LogP contribution in [0.3, 0.4) is 0 Å². The first-order valence-corrected chi connectivity index (χ1v) is 12.3. The van der Waals surface area contributed by atoms with Gasteiger partial charge in [0, 0.05) is 54.5 Å². The third-order valence-electron chi connectivity index (χ3n) is 7.14. The Kier molecular flexibility index (Phi) is 5.93. The van der Waals surface area contributed by atoms with E-state index < -0.39 is 6.61 Å². The Morgan fingerprint density at radius 1 is 1.03 bits per heavy atom. The zero-order chi connectivity index (χ0) is 27.3. The highest BCUT2D eigenvalue weighted by atomic mass is 16.3. The number of aromatic amines is 1. The summed E-state index contributed by atoms with van der Waals surface area (Å²) in [5.74, 6) is 0.195. The molecule has 0 unspecified atom stereocenters. The van der Waals surface area contributed by atoms with E-state index in [2.05, 4.69) is 20.2 Å². The number of anilines is 2. The molecular formula is C28H25N7O4. The Bertz CT molecular complexity index is 1840. The molecule has 11 nitrogen and oxygen atoms in total. The molecule has 196 valence electrons. The molecular weight excluding hydrogens is 498 g/mol. The van der Waals surface area contributed by atoms with E-state index in [0.717, 1.165) is 5.69 Å². The van der Waals surface area contributed by atoms with E-state index >= 15 is 0 Å². The summed E-state index contributed by atoms with van der Waals surface area (Å²) in [6, 6.07) is 13.9. The van der Waals surface area contributed by atoms with Gasteiger partial charge in [0.1, 0.15) is 11.5 Å². The molecule has 0 amide bonds. The number of aliphatic hydroxyl groups excluding tert-OH is 2. The molecule has 0 aliphatic carbocycles. The smallest absolute Gasteiger partial charge is 0.272 e. The van der Waals surface area contributed by atoms with Crippen LogP contribution in [0.15, 0.2) is 70.5 Å².